The highest BCUT2D eigenvalue weighted by Gasteiger charge is 2.61. The second-order valence-electron chi connectivity index (χ2n) is 11.1. The highest BCUT2D eigenvalue weighted by molar-refractivity contribution is 6.74. The minimum absolute atomic E-state index is 0.00324. The van der Waals surface area contributed by atoms with E-state index >= 15 is 0 Å². The Balaban J connectivity index is 1.81. The summed E-state index contributed by atoms with van der Waals surface area (Å²) < 4.78 is 36.3. The van der Waals surface area contributed by atoms with Crippen LogP contribution in [0.1, 0.15) is 48.5 Å². The first-order valence-electron chi connectivity index (χ1n) is 10.4. The summed E-state index contributed by atoms with van der Waals surface area (Å²) >= 11 is 0. The molecule has 0 aromatic carbocycles. The molecule has 8 nitrogen and oxygen atoms in total. The summed E-state index contributed by atoms with van der Waals surface area (Å²) in [6.07, 6.45) is -3.35. The van der Waals surface area contributed by atoms with E-state index in [1.807, 2.05) is 27.7 Å². The highest BCUT2D eigenvalue weighted by atomic mass is 28.4. The Bertz CT molecular complexity index is 608. The van der Waals surface area contributed by atoms with Crippen molar-refractivity contribution in [1.29, 1.82) is 0 Å². The minimum Gasteiger partial charge on any atom is -0.390 e. The summed E-state index contributed by atoms with van der Waals surface area (Å²) in [6.45, 7) is 18.5. The summed E-state index contributed by atoms with van der Waals surface area (Å²) in [6, 6.07) is 0. The fourth-order valence-electron chi connectivity index (χ4n) is 3.61. The minimum atomic E-state index is -2.14. The van der Waals surface area contributed by atoms with Crippen LogP contribution in [-0.4, -0.2) is 74.5 Å². The predicted octanol–water partition coefficient (Wildman–Crippen LogP) is 2.09. The molecule has 3 saturated heterocycles. The van der Waals surface area contributed by atoms with E-state index < -0.39 is 56.1 Å². The van der Waals surface area contributed by atoms with Crippen LogP contribution in [0.15, 0.2) is 0 Å². The molecule has 5 atom stereocenters. The molecule has 170 valence electrons. The van der Waals surface area contributed by atoms with Crippen molar-refractivity contribution < 1.29 is 33.2 Å². The number of hydrogen-bond acceptors (Lipinski definition) is 8. The third-order valence-electron chi connectivity index (χ3n) is 6.54. The maximum atomic E-state index is 11.2. The van der Waals surface area contributed by atoms with Gasteiger partial charge in [0.25, 0.3) is 0 Å². The van der Waals surface area contributed by atoms with Crippen LogP contribution < -0.4 is 5.73 Å². The second-order valence-corrected chi connectivity index (χ2v) is 15.8. The molecule has 1 unspecified atom stereocenters. The first kappa shape index (κ1) is 23.6. The van der Waals surface area contributed by atoms with Crippen LogP contribution in [0.5, 0.6) is 0 Å². The van der Waals surface area contributed by atoms with Crippen LogP contribution in [0, 0.1) is 0 Å². The Morgan fingerprint density at radius 2 is 1.52 bits per heavy atom. The average Bonchev–Trinajstić information content (AvgIpc) is 3.02. The number of aliphatic hydroxyl groups is 1. The molecule has 3 aliphatic rings. The third kappa shape index (κ3) is 4.58. The smallest absolute Gasteiger partial charge is 0.195 e. The quantitative estimate of drug-likeness (QED) is 0.650. The molecule has 0 spiro atoms. The van der Waals surface area contributed by atoms with Gasteiger partial charge in [-0.05, 0) is 45.8 Å². The largest absolute Gasteiger partial charge is 0.390 e. The number of aliphatic hydroxyl groups excluding tert-OH is 1. The van der Waals surface area contributed by atoms with Gasteiger partial charge in [-0.3, -0.25) is 0 Å². The van der Waals surface area contributed by atoms with Gasteiger partial charge in [0.1, 0.15) is 24.4 Å². The number of fused-ring (bicyclic) bond motifs is 1. The molecule has 3 rings (SSSR count). The van der Waals surface area contributed by atoms with E-state index in [-0.39, 0.29) is 18.3 Å². The van der Waals surface area contributed by atoms with Crippen molar-refractivity contribution in [2.75, 3.05) is 13.2 Å². The van der Waals surface area contributed by atoms with Gasteiger partial charge >= 0.3 is 0 Å². The van der Waals surface area contributed by atoms with Gasteiger partial charge in [0.15, 0.2) is 26.2 Å². The van der Waals surface area contributed by atoms with Gasteiger partial charge in [-0.25, -0.2) is 0 Å². The van der Waals surface area contributed by atoms with Crippen LogP contribution in [0.2, 0.25) is 18.1 Å². The molecular formula is C20H39NO7Si. The van der Waals surface area contributed by atoms with E-state index in [1.165, 1.54) is 0 Å². The van der Waals surface area contributed by atoms with Crippen LogP contribution in [0.4, 0.5) is 0 Å². The summed E-state index contributed by atoms with van der Waals surface area (Å²) in [4.78, 5) is 0. The number of rotatable bonds is 4. The molecular weight excluding hydrogens is 394 g/mol. The zero-order valence-corrected chi connectivity index (χ0v) is 20.3. The lowest BCUT2D eigenvalue weighted by Gasteiger charge is -2.45. The van der Waals surface area contributed by atoms with Crippen LogP contribution in [0.3, 0.4) is 0 Å². The summed E-state index contributed by atoms with van der Waals surface area (Å²) in [5.41, 5.74) is 5.37. The lowest BCUT2D eigenvalue weighted by atomic mass is 9.88. The molecule has 9 heteroatoms. The van der Waals surface area contributed by atoms with Crippen LogP contribution in [0.25, 0.3) is 0 Å². The molecule has 0 amide bonds. The van der Waals surface area contributed by atoms with E-state index in [4.69, 9.17) is 33.8 Å². The monoisotopic (exact) mass is 433 g/mol. The SMILES string of the molecule is CC1(C)OCC(N)(C(O)[C@H]2O[C@H](O[Si](C)(C)C(C)(C)C)[C@H]3OC(C)(C)O[C@H]32)CO1. The standard InChI is InChI=1S/C20H39NO7Si/c1-17(2,3)29(8,9)28-16-14-12(26-19(6,7)27-14)13(25-16)15(22)20(21)10-23-18(4,5)24-11-20/h12-16,22H,10-11,21H2,1-9H3/t12-,13-,14-,15?,16+/m0/s1. The molecule has 3 N–H and O–H groups in total. The molecule has 3 aliphatic heterocycles. The van der Waals surface area contributed by atoms with Gasteiger partial charge in [-0.15, -0.1) is 0 Å². The molecule has 0 radical (unpaired) electrons. The molecule has 0 saturated carbocycles. The zero-order chi connectivity index (χ0) is 22.0. The Morgan fingerprint density at radius 1 is 1.00 bits per heavy atom. The molecule has 3 fully saturated rings. The molecule has 0 aliphatic carbocycles. The number of hydrogen-bond donors (Lipinski definition) is 2. The molecule has 0 aromatic rings. The molecule has 0 aromatic heterocycles. The Morgan fingerprint density at radius 3 is 2.03 bits per heavy atom. The van der Waals surface area contributed by atoms with Crippen molar-refractivity contribution in [3.8, 4) is 0 Å². The van der Waals surface area contributed by atoms with E-state index in [1.54, 1.807) is 0 Å². The van der Waals surface area contributed by atoms with Gasteiger partial charge in [0, 0.05) is 0 Å². The van der Waals surface area contributed by atoms with E-state index in [0.29, 0.717) is 0 Å². The van der Waals surface area contributed by atoms with Gasteiger partial charge in [-0.1, -0.05) is 20.8 Å². The van der Waals surface area contributed by atoms with E-state index in [2.05, 4.69) is 33.9 Å². The fraction of sp³-hybridized carbons (Fsp3) is 1.00. The van der Waals surface area contributed by atoms with Crippen molar-refractivity contribution >= 4 is 8.32 Å². The normalized spacial score (nSPS) is 37.3. The molecule has 0 bridgehead atoms. The van der Waals surface area contributed by atoms with Crippen molar-refractivity contribution in [3.05, 3.63) is 0 Å². The average molecular weight is 434 g/mol. The van der Waals surface area contributed by atoms with Crippen molar-refractivity contribution in [1.82, 2.24) is 0 Å². The maximum absolute atomic E-state index is 11.2. The maximum Gasteiger partial charge on any atom is 0.195 e. The lowest BCUT2D eigenvalue weighted by molar-refractivity contribution is -0.288. The zero-order valence-electron chi connectivity index (χ0n) is 19.3. The number of ether oxygens (including phenoxy) is 5. The van der Waals surface area contributed by atoms with E-state index in [9.17, 15) is 5.11 Å². The molecule has 29 heavy (non-hydrogen) atoms. The fourth-order valence-corrected chi connectivity index (χ4v) is 4.73. The third-order valence-corrected chi connectivity index (χ3v) is 11.0. The van der Waals surface area contributed by atoms with Crippen molar-refractivity contribution in [2.24, 2.45) is 5.73 Å². The topological polar surface area (TPSA) is 102 Å². The van der Waals surface area contributed by atoms with E-state index in [0.717, 1.165) is 0 Å². The first-order chi connectivity index (χ1) is 13.0. The second kappa shape index (κ2) is 7.21. The summed E-state index contributed by atoms with van der Waals surface area (Å²) in [5, 5.41) is 11.2. The van der Waals surface area contributed by atoms with Gasteiger partial charge in [0.05, 0.1) is 18.8 Å². The van der Waals surface area contributed by atoms with Gasteiger partial charge in [0.2, 0.25) is 0 Å². The highest BCUT2D eigenvalue weighted by Crippen LogP contribution is 2.45. The Kier molecular flexibility index (Phi) is 5.86. The van der Waals surface area contributed by atoms with Gasteiger partial charge in [-0.2, -0.15) is 0 Å². The Hall–Kier alpha value is -0.103. The number of nitrogens with two attached hydrogens (primary N) is 1. The predicted molar refractivity (Wildman–Crippen MR) is 110 cm³/mol. The lowest BCUT2D eigenvalue weighted by Crippen LogP contribution is -2.67. The van der Waals surface area contributed by atoms with Gasteiger partial charge < -0.3 is 39.0 Å². The first-order valence-corrected chi connectivity index (χ1v) is 13.3. The van der Waals surface area contributed by atoms with Crippen molar-refractivity contribution in [3.63, 3.8) is 0 Å². The molecule has 3 heterocycles. The summed E-state index contributed by atoms with van der Waals surface area (Å²) in [7, 11) is -2.14. The van der Waals surface area contributed by atoms with Crippen LogP contribution in [-0.2, 0) is 28.1 Å². The summed E-state index contributed by atoms with van der Waals surface area (Å²) in [5.74, 6) is -1.53. The van der Waals surface area contributed by atoms with Crippen LogP contribution >= 0.6 is 0 Å². The van der Waals surface area contributed by atoms with Crippen molar-refractivity contribution in [2.45, 2.75) is 114 Å². The Labute approximate surface area is 175 Å².